The lowest BCUT2D eigenvalue weighted by Gasteiger charge is -2.14. The van der Waals surface area contributed by atoms with Gasteiger partial charge in [-0.1, -0.05) is 12.1 Å². The predicted octanol–water partition coefficient (Wildman–Crippen LogP) is 1.61. The van der Waals surface area contributed by atoms with E-state index in [1.54, 1.807) is 0 Å². The van der Waals surface area contributed by atoms with Crippen molar-refractivity contribution in [1.82, 2.24) is 5.32 Å². The second-order valence-electron chi connectivity index (χ2n) is 4.36. The Morgan fingerprint density at radius 3 is 2.38 bits per heavy atom. The topological polar surface area (TPSA) is 35.5 Å². The summed E-state index contributed by atoms with van der Waals surface area (Å²) < 4.78 is 0. The van der Waals surface area contributed by atoms with Crippen LogP contribution in [0.4, 0.5) is 5.69 Å². The molecule has 0 bridgehead atoms. The van der Waals surface area contributed by atoms with Gasteiger partial charge in [0.1, 0.15) is 0 Å². The van der Waals surface area contributed by atoms with Crippen molar-refractivity contribution in [2.24, 2.45) is 0 Å². The fraction of sp³-hybridized carbons (Fsp3) is 0.538. The number of hydrogen-bond acceptors (Lipinski definition) is 3. The van der Waals surface area contributed by atoms with Crippen molar-refractivity contribution >= 4 is 5.69 Å². The molecule has 0 unspecified atom stereocenters. The molecular weight excluding hydrogens is 200 g/mol. The summed E-state index contributed by atoms with van der Waals surface area (Å²) in [7, 11) is 4.08. The van der Waals surface area contributed by atoms with Gasteiger partial charge in [0.15, 0.2) is 0 Å². The van der Waals surface area contributed by atoms with E-state index >= 15 is 0 Å². The molecule has 0 saturated carbocycles. The average Bonchev–Trinajstić information content (AvgIpc) is 2.27. The molecule has 16 heavy (non-hydrogen) atoms. The summed E-state index contributed by atoms with van der Waals surface area (Å²) in [5.41, 5.74) is 2.49. The summed E-state index contributed by atoms with van der Waals surface area (Å²) in [6.07, 6.45) is 0.801. The fourth-order valence-corrected chi connectivity index (χ4v) is 1.50. The minimum atomic E-state index is 0.244. The van der Waals surface area contributed by atoms with Crippen LogP contribution in [0.3, 0.4) is 0 Å². The van der Waals surface area contributed by atoms with Crippen LogP contribution in [0.5, 0.6) is 0 Å². The molecule has 1 aromatic carbocycles. The normalized spacial score (nSPS) is 12.5. The third-order valence-electron chi connectivity index (χ3n) is 2.67. The van der Waals surface area contributed by atoms with Crippen molar-refractivity contribution in [3.05, 3.63) is 29.8 Å². The first kappa shape index (κ1) is 13.0. The second-order valence-corrected chi connectivity index (χ2v) is 4.36. The molecule has 0 amide bonds. The van der Waals surface area contributed by atoms with Gasteiger partial charge in [-0.25, -0.2) is 0 Å². The van der Waals surface area contributed by atoms with Crippen LogP contribution in [-0.4, -0.2) is 31.9 Å². The minimum Gasteiger partial charge on any atom is -0.396 e. The number of nitrogens with zero attached hydrogens (tertiary/aromatic N) is 1. The summed E-state index contributed by atoms with van der Waals surface area (Å²) in [5.74, 6) is 0. The van der Waals surface area contributed by atoms with Gasteiger partial charge in [0.05, 0.1) is 0 Å². The largest absolute Gasteiger partial charge is 0.396 e. The molecular formula is C13H22N2O. The maximum absolute atomic E-state index is 8.79. The van der Waals surface area contributed by atoms with Crippen LogP contribution >= 0.6 is 0 Å². The van der Waals surface area contributed by atoms with E-state index in [9.17, 15) is 0 Å². The molecule has 0 radical (unpaired) electrons. The van der Waals surface area contributed by atoms with Crippen LogP contribution in [0.1, 0.15) is 18.9 Å². The smallest absolute Gasteiger partial charge is 0.0445 e. The van der Waals surface area contributed by atoms with E-state index in [-0.39, 0.29) is 6.61 Å². The second kappa shape index (κ2) is 6.51. The number of aliphatic hydroxyl groups excluding tert-OH is 1. The Morgan fingerprint density at radius 2 is 1.88 bits per heavy atom. The van der Waals surface area contributed by atoms with Crippen LogP contribution in [0, 0.1) is 0 Å². The Kier molecular flexibility index (Phi) is 5.29. The summed E-state index contributed by atoms with van der Waals surface area (Å²) in [6.45, 7) is 3.19. The summed E-state index contributed by atoms with van der Waals surface area (Å²) >= 11 is 0. The highest BCUT2D eigenvalue weighted by Crippen LogP contribution is 2.12. The molecule has 0 fully saturated rings. The van der Waals surface area contributed by atoms with Crippen LogP contribution in [-0.2, 0) is 6.54 Å². The summed E-state index contributed by atoms with van der Waals surface area (Å²) in [6, 6.07) is 8.86. The first-order valence-electron chi connectivity index (χ1n) is 5.74. The summed E-state index contributed by atoms with van der Waals surface area (Å²) in [4.78, 5) is 2.09. The maximum Gasteiger partial charge on any atom is 0.0445 e. The van der Waals surface area contributed by atoms with E-state index in [1.165, 1.54) is 11.3 Å². The highest BCUT2D eigenvalue weighted by Gasteiger charge is 2.00. The Bertz CT molecular complexity index is 295. The fourth-order valence-electron chi connectivity index (χ4n) is 1.50. The molecule has 2 N–H and O–H groups in total. The molecule has 0 aromatic heterocycles. The van der Waals surface area contributed by atoms with E-state index < -0.39 is 0 Å². The third kappa shape index (κ3) is 4.21. The molecule has 0 saturated heterocycles. The number of hydrogen-bond donors (Lipinski definition) is 2. The van der Waals surface area contributed by atoms with Gasteiger partial charge in [-0.3, -0.25) is 0 Å². The van der Waals surface area contributed by atoms with Crippen LogP contribution in [0.2, 0.25) is 0 Å². The predicted molar refractivity (Wildman–Crippen MR) is 68.8 cm³/mol. The number of benzene rings is 1. The van der Waals surface area contributed by atoms with Gasteiger partial charge in [-0.2, -0.15) is 0 Å². The van der Waals surface area contributed by atoms with E-state index in [2.05, 4.69) is 41.4 Å². The lowest BCUT2D eigenvalue weighted by Crippen LogP contribution is -2.26. The quantitative estimate of drug-likeness (QED) is 0.767. The highest BCUT2D eigenvalue weighted by atomic mass is 16.3. The molecule has 1 rings (SSSR count). The van der Waals surface area contributed by atoms with Gasteiger partial charge in [0.25, 0.3) is 0 Å². The maximum atomic E-state index is 8.79. The first-order valence-corrected chi connectivity index (χ1v) is 5.74. The Hall–Kier alpha value is -1.06. The SMILES string of the molecule is C[C@H](CCO)NCc1ccc(N(C)C)cc1. The van der Waals surface area contributed by atoms with E-state index in [0.717, 1.165) is 13.0 Å². The first-order chi connectivity index (χ1) is 7.63. The van der Waals surface area contributed by atoms with Crippen LogP contribution < -0.4 is 10.2 Å². The molecule has 1 aromatic rings. The lowest BCUT2D eigenvalue weighted by atomic mass is 10.1. The zero-order chi connectivity index (χ0) is 12.0. The van der Waals surface area contributed by atoms with Crippen molar-refractivity contribution in [2.75, 3.05) is 25.6 Å². The number of anilines is 1. The number of rotatable bonds is 6. The molecule has 0 heterocycles. The van der Waals surface area contributed by atoms with Crippen molar-refractivity contribution in [1.29, 1.82) is 0 Å². The molecule has 0 aliphatic rings. The Balaban J connectivity index is 2.43. The van der Waals surface area contributed by atoms with Crippen LogP contribution in [0.15, 0.2) is 24.3 Å². The van der Waals surface area contributed by atoms with Gasteiger partial charge in [-0.05, 0) is 31.0 Å². The van der Waals surface area contributed by atoms with Crippen molar-refractivity contribution in [3.63, 3.8) is 0 Å². The van der Waals surface area contributed by atoms with Crippen LogP contribution in [0.25, 0.3) is 0 Å². The lowest BCUT2D eigenvalue weighted by molar-refractivity contribution is 0.268. The highest BCUT2D eigenvalue weighted by molar-refractivity contribution is 5.45. The summed E-state index contributed by atoms with van der Waals surface area (Å²) in [5, 5.41) is 12.2. The third-order valence-corrected chi connectivity index (χ3v) is 2.67. The molecule has 0 aliphatic carbocycles. The van der Waals surface area contributed by atoms with Gasteiger partial charge in [0, 0.05) is 39.0 Å². The Morgan fingerprint density at radius 1 is 1.25 bits per heavy atom. The minimum absolute atomic E-state index is 0.244. The van der Waals surface area contributed by atoms with Gasteiger partial charge >= 0.3 is 0 Å². The molecule has 3 heteroatoms. The molecule has 0 aliphatic heterocycles. The zero-order valence-corrected chi connectivity index (χ0v) is 10.4. The number of nitrogens with one attached hydrogen (secondary N) is 1. The van der Waals surface area contributed by atoms with E-state index in [1.807, 2.05) is 14.1 Å². The molecule has 90 valence electrons. The standard InChI is InChI=1S/C13H22N2O/c1-11(8-9-16)14-10-12-4-6-13(7-5-12)15(2)3/h4-7,11,14,16H,8-10H2,1-3H3/t11-/m1/s1. The van der Waals surface area contributed by atoms with Crippen molar-refractivity contribution in [2.45, 2.75) is 25.9 Å². The monoisotopic (exact) mass is 222 g/mol. The van der Waals surface area contributed by atoms with E-state index in [4.69, 9.17) is 5.11 Å². The van der Waals surface area contributed by atoms with Crippen molar-refractivity contribution in [3.8, 4) is 0 Å². The van der Waals surface area contributed by atoms with Gasteiger partial charge < -0.3 is 15.3 Å². The van der Waals surface area contributed by atoms with Gasteiger partial charge in [-0.15, -0.1) is 0 Å². The molecule has 0 spiro atoms. The van der Waals surface area contributed by atoms with E-state index in [0.29, 0.717) is 6.04 Å². The number of aliphatic hydroxyl groups is 1. The molecule has 1 atom stereocenters. The molecule has 3 nitrogen and oxygen atoms in total. The Labute approximate surface area is 98.1 Å². The average molecular weight is 222 g/mol. The van der Waals surface area contributed by atoms with Gasteiger partial charge in [0.2, 0.25) is 0 Å². The van der Waals surface area contributed by atoms with Crippen molar-refractivity contribution < 1.29 is 5.11 Å². The zero-order valence-electron chi connectivity index (χ0n) is 10.4.